The molecule has 2 atom stereocenters. The van der Waals surface area contributed by atoms with Gasteiger partial charge < -0.3 is 25.1 Å². The number of fused-ring (bicyclic) bond motifs is 3. The first-order valence-corrected chi connectivity index (χ1v) is 9.21. The van der Waals surface area contributed by atoms with E-state index in [0.717, 1.165) is 5.56 Å². The molecule has 4 rings (SSSR count). The second-order valence-corrected chi connectivity index (χ2v) is 6.91. The first-order chi connectivity index (χ1) is 14.0. The molecular formula is C19H20N6O4. The average Bonchev–Trinajstić information content (AvgIpc) is 3.21. The van der Waals surface area contributed by atoms with Crippen molar-refractivity contribution in [1.29, 1.82) is 5.26 Å². The average molecular weight is 396 g/mol. The van der Waals surface area contributed by atoms with Crippen molar-refractivity contribution in [2.75, 3.05) is 23.4 Å². The lowest BCUT2D eigenvalue weighted by Gasteiger charge is -2.16. The molecular weight excluding hydrogens is 376 g/mol. The minimum Gasteiger partial charge on any atom is -0.491 e. The number of anilines is 2. The summed E-state index contributed by atoms with van der Waals surface area (Å²) >= 11 is 0. The van der Waals surface area contributed by atoms with Crippen LogP contribution in [0.3, 0.4) is 0 Å². The molecule has 0 spiro atoms. The van der Waals surface area contributed by atoms with Gasteiger partial charge in [-0.05, 0) is 19.1 Å². The van der Waals surface area contributed by atoms with Gasteiger partial charge in [-0.1, -0.05) is 0 Å². The van der Waals surface area contributed by atoms with Crippen LogP contribution < -0.4 is 20.7 Å². The van der Waals surface area contributed by atoms with E-state index in [4.69, 9.17) is 20.5 Å². The molecule has 1 saturated heterocycles. The van der Waals surface area contributed by atoms with Gasteiger partial charge in [-0.3, -0.25) is 9.69 Å². The van der Waals surface area contributed by atoms with E-state index in [1.165, 1.54) is 4.90 Å². The second-order valence-electron chi connectivity index (χ2n) is 6.91. The molecule has 0 saturated carbocycles. The lowest BCUT2D eigenvalue weighted by molar-refractivity contribution is -0.118. The molecule has 1 aromatic carbocycles. The summed E-state index contributed by atoms with van der Waals surface area (Å²) in [6.07, 6.45) is 1.43. The fourth-order valence-electron chi connectivity index (χ4n) is 3.39. The van der Waals surface area contributed by atoms with Crippen molar-refractivity contribution >= 4 is 23.5 Å². The molecule has 0 aliphatic carbocycles. The fraction of sp³-hybridized carbons (Fsp3) is 0.368. The van der Waals surface area contributed by atoms with Crippen LogP contribution in [0.25, 0.3) is 11.4 Å². The van der Waals surface area contributed by atoms with E-state index in [0.29, 0.717) is 36.2 Å². The van der Waals surface area contributed by atoms with Crippen LogP contribution >= 0.6 is 0 Å². The molecule has 10 heteroatoms. The predicted molar refractivity (Wildman–Crippen MR) is 103 cm³/mol. The van der Waals surface area contributed by atoms with Gasteiger partial charge in [0.25, 0.3) is 0 Å². The molecule has 29 heavy (non-hydrogen) atoms. The highest BCUT2D eigenvalue weighted by molar-refractivity contribution is 5.89. The standard InChI is InChI=1S/C19H20N6O4/c1-11(17(21)26)22-12-2-3-14-15(8-12)28-7-6-24-9-16(23-18(14)24)25-13(4-5-20)10-29-19(25)27/h2-3,8-9,11,13,22H,4,6-7,10H2,1H3,(H2,21,26)/t11-,13+/m0/s1. The Hall–Kier alpha value is -3.74. The van der Waals surface area contributed by atoms with Crippen molar-refractivity contribution in [3.8, 4) is 23.2 Å². The van der Waals surface area contributed by atoms with Crippen LogP contribution in [0, 0.1) is 11.3 Å². The molecule has 3 heterocycles. The number of nitrogens with two attached hydrogens (primary N) is 1. The smallest absolute Gasteiger partial charge is 0.416 e. The summed E-state index contributed by atoms with van der Waals surface area (Å²) in [5.74, 6) is 1.25. The van der Waals surface area contributed by atoms with E-state index >= 15 is 0 Å². The SMILES string of the molecule is C[C@H](Nc1ccc2c(c1)OCCn1cc(N3C(=O)OC[C@H]3CC#N)nc1-2)C(N)=O. The summed E-state index contributed by atoms with van der Waals surface area (Å²) in [5, 5.41) is 12.0. The summed E-state index contributed by atoms with van der Waals surface area (Å²) in [4.78, 5) is 29.5. The molecule has 2 aliphatic rings. The van der Waals surface area contributed by atoms with E-state index in [1.54, 1.807) is 19.2 Å². The number of carbonyl (C=O) groups is 2. The molecule has 2 aromatic rings. The lowest BCUT2D eigenvalue weighted by atomic mass is 10.1. The van der Waals surface area contributed by atoms with Gasteiger partial charge in [0, 0.05) is 18.0 Å². The van der Waals surface area contributed by atoms with E-state index < -0.39 is 18.0 Å². The summed E-state index contributed by atoms with van der Waals surface area (Å²) in [6.45, 7) is 2.81. The van der Waals surface area contributed by atoms with Gasteiger partial charge in [0.15, 0.2) is 5.82 Å². The summed E-state index contributed by atoms with van der Waals surface area (Å²) < 4.78 is 12.9. The monoisotopic (exact) mass is 396 g/mol. The molecule has 0 radical (unpaired) electrons. The molecule has 2 amide bonds. The number of nitrogens with zero attached hydrogens (tertiary/aromatic N) is 4. The van der Waals surface area contributed by atoms with Crippen LogP contribution in [0.1, 0.15) is 13.3 Å². The number of amides is 2. The van der Waals surface area contributed by atoms with E-state index in [-0.39, 0.29) is 19.1 Å². The Morgan fingerprint density at radius 3 is 3.07 bits per heavy atom. The lowest BCUT2D eigenvalue weighted by Crippen LogP contribution is -2.33. The number of carbonyl (C=O) groups excluding carboxylic acids is 2. The summed E-state index contributed by atoms with van der Waals surface area (Å²) in [5.41, 5.74) is 6.77. The van der Waals surface area contributed by atoms with Crippen LogP contribution in [0.4, 0.5) is 16.3 Å². The fourth-order valence-corrected chi connectivity index (χ4v) is 3.39. The largest absolute Gasteiger partial charge is 0.491 e. The molecule has 150 valence electrons. The van der Waals surface area contributed by atoms with Crippen molar-refractivity contribution in [3.63, 3.8) is 0 Å². The number of imidazole rings is 1. The predicted octanol–water partition coefficient (Wildman–Crippen LogP) is 1.47. The number of nitrogens with one attached hydrogen (secondary N) is 1. The van der Waals surface area contributed by atoms with E-state index in [2.05, 4.69) is 16.4 Å². The number of rotatable bonds is 5. The minimum absolute atomic E-state index is 0.167. The van der Waals surface area contributed by atoms with Crippen LogP contribution in [0.2, 0.25) is 0 Å². The van der Waals surface area contributed by atoms with Gasteiger partial charge in [0.2, 0.25) is 5.91 Å². The zero-order chi connectivity index (χ0) is 20.5. The van der Waals surface area contributed by atoms with Crippen LogP contribution in [-0.2, 0) is 16.1 Å². The molecule has 0 bridgehead atoms. The number of benzene rings is 1. The van der Waals surface area contributed by atoms with Crippen molar-refractivity contribution in [3.05, 3.63) is 24.4 Å². The van der Waals surface area contributed by atoms with Crippen molar-refractivity contribution in [1.82, 2.24) is 9.55 Å². The Morgan fingerprint density at radius 2 is 2.31 bits per heavy atom. The van der Waals surface area contributed by atoms with Gasteiger partial charge in [-0.2, -0.15) is 5.26 Å². The Morgan fingerprint density at radius 1 is 1.48 bits per heavy atom. The highest BCUT2D eigenvalue weighted by atomic mass is 16.6. The summed E-state index contributed by atoms with van der Waals surface area (Å²) in [6, 6.07) is 6.65. The number of ether oxygens (including phenoxy) is 2. The van der Waals surface area contributed by atoms with Gasteiger partial charge in [-0.15, -0.1) is 0 Å². The number of primary amides is 1. The van der Waals surface area contributed by atoms with Crippen molar-refractivity contribution in [2.24, 2.45) is 5.73 Å². The molecule has 3 N–H and O–H groups in total. The third kappa shape index (κ3) is 3.42. The van der Waals surface area contributed by atoms with Crippen molar-refractivity contribution in [2.45, 2.75) is 32.0 Å². The highest BCUT2D eigenvalue weighted by Gasteiger charge is 2.36. The van der Waals surface area contributed by atoms with Gasteiger partial charge in [0.1, 0.15) is 30.8 Å². The quantitative estimate of drug-likeness (QED) is 0.781. The second kappa shape index (κ2) is 7.35. The summed E-state index contributed by atoms with van der Waals surface area (Å²) in [7, 11) is 0. The third-order valence-corrected chi connectivity index (χ3v) is 4.92. The van der Waals surface area contributed by atoms with Gasteiger partial charge in [-0.25, -0.2) is 9.78 Å². The third-order valence-electron chi connectivity index (χ3n) is 4.92. The molecule has 1 fully saturated rings. The molecule has 10 nitrogen and oxygen atoms in total. The number of hydrogen-bond donors (Lipinski definition) is 2. The zero-order valence-corrected chi connectivity index (χ0v) is 15.8. The van der Waals surface area contributed by atoms with Crippen LogP contribution in [0.5, 0.6) is 5.75 Å². The van der Waals surface area contributed by atoms with Crippen LogP contribution in [-0.4, -0.2) is 46.8 Å². The maximum absolute atomic E-state index is 12.2. The van der Waals surface area contributed by atoms with Crippen molar-refractivity contribution < 1.29 is 19.1 Å². The molecule has 0 unspecified atom stereocenters. The Bertz CT molecular complexity index is 1010. The van der Waals surface area contributed by atoms with Gasteiger partial charge in [0.05, 0.1) is 30.6 Å². The first-order valence-electron chi connectivity index (χ1n) is 9.21. The topological polar surface area (TPSA) is 136 Å². The van der Waals surface area contributed by atoms with Gasteiger partial charge >= 0.3 is 6.09 Å². The maximum Gasteiger partial charge on any atom is 0.416 e. The maximum atomic E-state index is 12.2. The first kappa shape index (κ1) is 18.6. The Balaban J connectivity index is 1.68. The van der Waals surface area contributed by atoms with E-state index in [9.17, 15) is 9.59 Å². The number of nitriles is 1. The Kier molecular flexibility index (Phi) is 4.72. The minimum atomic E-state index is -0.523. The Labute approximate surface area is 166 Å². The number of hydrogen-bond acceptors (Lipinski definition) is 7. The van der Waals surface area contributed by atoms with E-state index in [1.807, 2.05) is 16.7 Å². The molecule has 2 aliphatic heterocycles. The highest BCUT2D eigenvalue weighted by Crippen LogP contribution is 2.36. The van der Waals surface area contributed by atoms with Crippen LogP contribution in [0.15, 0.2) is 24.4 Å². The molecule has 1 aromatic heterocycles. The normalized spacial score (nSPS) is 18.6. The number of cyclic esters (lactones) is 1. The zero-order valence-electron chi connectivity index (χ0n) is 15.8. The number of aromatic nitrogens is 2.